The van der Waals surface area contributed by atoms with Crippen LogP contribution in [0.2, 0.25) is 0 Å². The number of hydrogen-bond donors (Lipinski definition) is 1. The third-order valence-electron chi connectivity index (χ3n) is 4.32. The minimum Gasteiger partial charge on any atom is -0.444 e. The molecule has 1 fully saturated rings. The van der Waals surface area contributed by atoms with Gasteiger partial charge < -0.3 is 15.0 Å². The van der Waals surface area contributed by atoms with E-state index in [1.807, 2.05) is 25.7 Å². The smallest absolute Gasteiger partial charge is 0.410 e. The number of nitrogens with one attached hydrogen (secondary N) is 1. The fraction of sp³-hybridized carbons (Fsp3) is 0.941. The van der Waals surface area contributed by atoms with Gasteiger partial charge in [0.15, 0.2) is 0 Å². The normalized spacial score (nSPS) is 22.0. The summed E-state index contributed by atoms with van der Waals surface area (Å²) in [7, 11) is 0. The van der Waals surface area contributed by atoms with Gasteiger partial charge in [-0.1, -0.05) is 6.92 Å². The van der Waals surface area contributed by atoms with Crippen molar-refractivity contribution in [3.63, 3.8) is 0 Å². The zero-order chi connectivity index (χ0) is 16.3. The molecule has 4 nitrogen and oxygen atoms in total. The SMILES string of the molecule is CCC(C)(C)NC(C)C1CCCN(C(=O)OC(C)(C)C)C1. The number of rotatable bonds is 4. The second-order valence-corrected chi connectivity index (χ2v) is 8.00. The third-order valence-corrected chi connectivity index (χ3v) is 4.32. The maximum absolute atomic E-state index is 12.2. The van der Waals surface area contributed by atoms with Gasteiger partial charge in [-0.25, -0.2) is 4.79 Å². The molecule has 0 aliphatic carbocycles. The topological polar surface area (TPSA) is 41.6 Å². The van der Waals surface area contributed by atoms with E-state index in [0.717, 1.165) is 25.9 Å². The molecule has 0 saturated carbocycles. The van der Waals surface area contributed by atoms with Crippen molar-refractivity contribution >= 4 is 6.09 Å². The molecule has 0 bridgehead atoms. The first kappa shape index (κ1) is 18.3. The van der Waals surface area contributed by atoms with Gasteiger partial charge in [-0.2, -0.15) is 0 Å². The summed E-state index contributed by atoms with van der Waals surface area (Å²) in [5.41, 5.74) is -0.272. The molecule has 124 valence electrons. The van der Waals surface area contributed by atoms with Crippen molar-refractivity contribution in [1.82, 2.24) is 10.2 Å². The number of hydrogen-bond acceptors (Lipinski definition) is 3. The van der Waals surface area contributed by atoms with E-state index < -0.39 is 5.60 Å². The van der Waals surface area contributed by atoms with E-state index in [1.165, 1.54) is 6.42 Å². The molecule has 0 radical (unpaired) electrons. The molecule has 1 N–H and O–H groups in total. The Bertz CT molecular complexity index is 347. The molecule has 4 heteroatoms. The summed E-state index contributed by atoms with van der Waals surface area (Å²) in [5, 5.41) is 3.70. The predicted molar refractivity (Wildman–Crippen MR) is 87.5 cm³/mol. The lowest BCUT2D eigenvalue weighted by Crippen LogP contribution is -2.52. The lowest BCUT2D eigenvalue weighted by atomic mass is 9.89. The summed E-state index contributed by atoms with van der Waals surface area (Å²) in [6, 6.07) is 0.408. The second kappa shape index (κ2) is 6.99. The van der Waals surface area contributed by atoms with Crippen molar-refractivity contribution in [2.45, 2.75) is 84.9 Å². The molecule has 1 heterocycles. The molecule has 1 aliphatic heterocycles. The standard InChI is InChI=1S/C17H34N2O2/c1-8-17(6,7)18-13(2)14-10-9-11-19(12-14)15(20)21-16(3,4)5/h13-14,18H,8-12H2,1-7H3. The van der Waals surface area contributed by atoms with Crippen molar-refractivity contribution in [3.05, 3.63) is 0 Å². The van der Waals surface area contributed by atoms with Crippen molar-refractivity contribution < 1.29 is 9.53 Å². The third kappa shape index (κ3) is 6.25. The van der Waals surface area contributed by atoms with E-state index in [-0.39, 0.29) is 11.6 Å². The first-order valence-corrected chi connectivity index (χ1v) is 8.29. The Labute approximate surface area is 130 Å². The molecule has 1 saturated heterocycles. The molecule has 0 aromatic heterocycles. The van der Waals surface area contributed by atoms with Gasteiger partial charge in [-0.3, -0.25) is 0 Å². The molecule has 1 aliphatic rings. The van der Waals surface area contributed by atoms with Gasteiger partial charge in [0.25, 0.3) is 0 Å². The summed E-state index contributed by atoms with van der Waals surface area (Å²) in [4.78, 5) is 14.1. The highest BCUT2D eigenvalue weighted by Crippen LogP contribution is 2.23. The van der Waals surface area contributed by atoms with Gasteiger partial charge in [0.2, 0.25) is 0 Å². The minimum absolute atomic E-state index is 0.146. The fourth-order valence-electron chi connectivity index (χ4n) is 2.75. The molecule has 21 heavy (non-hydrogen) atoms. The monoisotopic (exact) mass is 298 g/mol. The minimum atomic E-state index is -0.419. The van der Waals surface area contributed by atoms with Crippen molar-refractivity contribution in [1.29, 1.82) is 0 Å². The van der Waals surface area contributed by atoms with Gasteiger partial charge in [0, 0.05) is 24.7 Å². The number of ether oxygens (including phenoxy) is 1. The van der Waals surface area contributed by atoms with Crippen LogP contribution in [0.3, 0.4) is 0 Å². The Morgan fingerprint density at radius 2 is 1.95 bits per heavy atom. The van der Waals surface area contributed by atoms with E-state index >= 15 is 0 Å². The Hall–Kier alpha value is -0.770. The Morgan fingerprint density at radius 1 is 1.33 bits per heavy atom. The molecular formula is C17H34N2O2. The molecule has 0 spiro atoms. The van der Waals surface area contributed by atoms with E-state index in [9.17, 15) is 4.79 Å². The number of carbonyl (C=O) groups excluding carboxylic acids is 1. The Morgan fingerprint density at radius 3 is 2.48 bits per heavy atom. The molecule has 0 aromatic carbocycles. The van der Waals surface area contributed by atoms with Gasteiger partial charge >= 0.3 is 6.09 Å². The lowest BCUT2D eigenvalue weighted by Gasteiger charge is -2.39. The van der Waals surface area contributed by atoms with Gasteiger partial charge in [0.1, 0.15) is 5.60 Å². The molecule has 1 rings (SSSR count). The number of carbonyl (C=O) groups is 1. The van der Waals surface area contributed by atoms with Gasteiger partial charge in [0.05, 0.1) is 0 Å². The van der Waals surface area contributed by atoms with Crippen LogP contribution in [0.1, 0.15) is 67.7 Å². The highest BCUT2D eigenvalue weighted by molar-refractivity contribution is 5.68. The number of nitrogens with zero attached hydrogens (tertiary/aromatic N) is 1. The van der Waals surface area contributed by atoms with Crippen LogP contribution in [0.5, 0.6) is 0 Å². The summed E-state index contributed by atoms with van der Waals surface area (Å²) >= 11 is 0. The van der Waals surface area contributed by atoms with E-state index in [4.69, 9.17) is 4.74 Å². The number of likely N-dealkylation sites (tertiary alicyclic amines) is 1. The Kier molecular flexibility index (Phi) is 6.09. The van der Waals surface area contributed by atoms with Crippen LogP contribution in [0, 0.1) is 5.92 Å². The van der Waals surface area contributed by atoms with Crippen LogP contribution >= 0.6 is 0 Å². The van der Waals surface area contributed by atoms with Crippen LogP contribution in [-0.4, -0.2) is 41.3 Å². The van der Waals surface area contributed by atoms with Crippen LogP contribution < -0.4 is 5.32 Å². The van der Waals surface area contributed by atoms with Gasteiger partial charge in [-0.15, -0.1) is 0 Å². The van der Waals surface area contributed by atoms with Crippen LogP contribution in [-0.2, 0) is 4.74 Å². The maximum Gasteiger partial charge on any atom is 0.410 e. The predicted octanol–water partition coefficient (Wildman–Crippen LogP) is 3.80. The molecule has 1 amide bonds. The van der Waals surface area contributed by atoms with E-state index in [2.05, 4.69) is 33.0 Å². The van der Waals surface area contributed by atoms with Crippen LogP contribution in [0.4, 0.5) is 4.79 Å². The average Bonchev–Trinajstić information content (AvgIpc) is 2.36. The molecular weight excluding hydrogens is 264 g/mol. The van der Waals surface area contributed by atoms with Crippen LogP contribution in [0.15, 0.2) is 0 Å². The highest BCUT2D eigenvalue weighted by Gasteiger charge is 2.31. The Balaban J connectivity index is 2.57. The average molecular weight is 298 g/mol. The largest absolute Gasteiger partial charge is 0.444 e. The number of piperidine rings is 1. The second-order valence-electron chi connectivity index (χ2n) is 8.00. The van der Waals surface area contributed by atoms with E-state index in [1.54, 1.807) is 0 Å². The number of amides is 1. The zero-order valence-electron chi connectivity index (χ0n) is 15.0. The molecule has 0 aromatic rings. The zero-order valence-corrected chi connectivity index (χ0v) is 15.0. The van der Waals surface area contributed by atoms with Crippen LogP contribution in [0.25, 0.3) is 0 Å². The van der Waals surface area contributed by atoms with Gasteiger partial charge in [-0.05, 0) is 66.7 Å². The highest BCUT2D eigenvalue weighted by atomic mass is 16.6. The van der Waals surface area contributed by atoms with Crippen molar-refractivity contribution in [3.8, 4) is 0 Å². The summed E-state index contributed by atoms with van der Waals surface area (Å²) < 4.78 is 5.49. The van der Waals surface area contributed by atoms with Crippen molar-refractivity contribution in [2.24, 2.45) is 5.92 Å². The molecule has 2 unspecified atom stereocenters. The maximum atomic E-state index is 12.2. The first-order valence-electron chi connectivity index (χ1n) is 8.29. The summed E-state index contributed by atoms with van der Waals surface area (Å²) in [6.45, 7) is 16.3. The van der Waals surface area contributed by atoms with E-state index in [0.29, 0.717) is 12.0 Å². The first-order chi connectivity index (χ1) is 9.54. The quantitative estimate of drug-likeness (QED) is 0.858. The molecule has 2 atom stereocenters. The fourth-order valence-corrected chi connectivity index (χ4v) is 2.75. The lowest BCUT2D eigenvalue weighted by molar-refractivity contribution is 0.0142. The van der Waals surface area contributed by atoms with Crippen molar-refractivity contribution in [2.75, 3.05) is 13.1 Å². The summed E-state index contributed by atoms with van der Waals surface area (Å²) in [5.74, 6) is 0.497. The summed E-state index contributed by atoms with van der Waals surface area (Å²) in [6.07, 6.45) is 3.16.